The zero-order valence-electron chi connectivity index (χ0n) is 20.1. The molecular weight excluding hydrogens is 458 g/mol. The number of fused-ring (bicyclic) bond motifs is 1. The average molecular weight is 490 g/mol. The van der Waals surface area contributed by atoms with Crippen molar-refractivity contribution >= 4 is 26.7 Å². The maximum absolute atomic E-state index is 13.2. The van der Waals surface area contributed by atoms with Crippen molar-refractivity contribution < 1.29 is 13.2 Å². The monoisotopic (exact) mass is 489 g/mol. The highest BCUT2D eigenvalue weighted by atomic mass is 32.2. The second-order valence-electron chi connectivity index (χ2n) is 9.79. The molecule has 2 aliphatic rings. The van der Waals surface area contributed by atoms with Crippen LogP contribution in [0.2, 0.25) is 0 Å². The zero-order valence-corrected chi connectivity index (χ0v) is 20.9. The molecular formula is C22H31N7O4S. The lowest BCUT2D eigenvalue weighted by Gasteiger charge is -2.48. The van der Waals surface area contributed by atoms with Crippen LogP contribution in [0.1, 0.15) is 45.3 Å². The molecule has 3 N–H and O–H groups in total. The number of aromatic nitrogens is 5. The van der Waals surface area contributed by atoms with Gasteiger partial charge in [-0.25, -0.2) is 8.42 Å². The number of nitrogen functional groups attached to an aromatic ring is 1. The molecule has 1 aliphatic heterocycles. The number of rotatable bonds is 7. The first-order valence-corrected chi connectivity index (χ1v) is 13.0. The van der Waals surface area contributed by atoms with Crippen LogP contribution in [0.5, 0.6) is 0 Å². The van der Waals surface area contributed by atoms with E-state index in [1.807, 2.05) is 19.2 Å². The van der Waals surface area contributed by atoms with Gasteiger partial charge in [-0.15, -0.1) is 0 Å². The Balaban J connectivity index is 1.59. The van der Waals surface area contributed by atoms with Crippen LogP contribution >= 0.6 is 0 Å². The van der Waals surface area contributed by atoms with Crippen LogP contribution in [0.25, 0.3) is 22.2 Å². The number of sulfonamides is 1. The molecule has 1 saturated carbocycles. The number of pyridine rings is 1. The van der Waals surface area contributed by atoms with Gasteiger partial charge in [-0.1, -0.05) is 0 Å². The van der Waals surface area contributed by atoms with E-state index >= 15 is 0 Å². The summed E-state index contributed by atoms with van der Waals surface area (Å²) in [5.74, 6) is 0.632. The van der Waals surface area contributed by atoms with Gasteiger partial charge < -0.3 is 15.0 Å². The molecule has 184 valence electrons. The first-order chi connectivity index (χ1) is 16.0. The minimum Gasteiger partial charge on any atom is -0.382 e. The predicted molar refractivity (Wildman–Crippen MR) is 129 cm³/mol. The maximum atomic E-state index is 13.2. The van der Waals surface area contributed by atoms with Crippen molar-refractivity contribution in [2.75, 3.05) is 25.9 Å². The number of aromatic amines is 1. The fourth-order valence-electron chi connectivity index (χ4n) is 4.88. The summed E-state index contributed by atoms with van der Waals surface area (Å²) in [6, 6.07) is 1.94. The Labute approximate surface area is 197 Å². The topological polar surface area (TPSA) is 141 Å². The van der Waals surface area contributed by atoms with Crippen LogP contribution in [0.4, 0.5) is 5.82 Å². The van der Waals surface area contributed by atoms with Gasteiger partial charge in [-0.2, -0.15) is 14.5 Å². The van der Waals surface area contributed by atoms with Crippen LogP contribution in [-0.2, 0) is 27.4 Å². The van der Waals surface area contributed by atoms with E-state index in [0.29, 0.717) is 28.1 Å². The van der Waals surface area contributed by atoms with E-state index in [1.165, 1.54) is 4.31 Å². The van der Waals surface area contributed by atoms with E-state index in [4.69, 9.17) is 15.6 Å². The van der Waals surface area contributed by atoms with Crippen molar-refractivity contribution in [2.24, 2.45) is 13.0 Å². The molecule has 11 nitrogen and oxygen atoms in total. The molecule has 5 rings (SSSR count). The maximum Gasteiger partial charge on any atom is 0.264 e. The molecule has 0 amide bonds. The SMILES string of the molecule is COC1(c2cc(-c3cn([C@@H](C)C4CC4)c(=O)c4c(N)n[nH]c34)nn2C)CN(S(=O)(=O)C(C)C)C1. The summed E-state index contributed by atoms with van der Waals surface area (Å²) in [5.41, 5.74) is 7.73. The Kier molecular flexibility index (Phi) is 5.19. The minimum absolute atomic E-state index is 0.0416. The number of anilines is 1. The number of aryl methyl sites for hydroxylation is 1. The van der Waals surface area contributed by atoms with Crippen molar-refractivity contribution in [3.05, 3.63) is 28.3 Å². The van der Waals surface area contributed by atoms with E-state index in [2.05, 4.69) is 10.2 Å². The zero-order chi connectivity index (χ0) is 24.6. The van der Waals surface area contributed by atoms with Crippen molar-refractivity contribution in [1.29, 1.82) is 0 Å². The van der Waals surface area contributed by atoms with Gasteiger partial charge in [0.25, 0.3) is 5.56 Å². The Morgan fingerprint density at radius 1 is 1.26 bits per heavy atom. The fourth-order valence-corrected chi connectivity index (χ4v) is 6.26. The van der Waals surface area contributed by atoms with Gasteiger partial charge in [0, 0.05) is 45.0 Å². The average Bonchev–Trinajstić information content (AvgIpc) is 3.43. The molecule has 3 aromatic heterocycles. The first-order valence-electron chi connectivity index (χ1n) is 11.5. The van der Waals surface area contributed by atoms with Gasteiger partial charge in [0.2, 0.25) is 10.0 Å². The van der Waals surface area contributed by atoms with Crippen molar-refractivity contribution in [2.45, 2.75) is 50.5 Å². The number of H-pyrrole nitrogens is 1. The quantitative estimate of drug-likeness (QED) is 0.513. The van der Waals surface area contributed by atoms with Gasteiger partial charge in [0.1, 0.15) is 11.0 Å². The van der Waals surface area contributed by atoms with Gasteiger partial charge in [0.05, 0.1) is 22.2 Å². The number of hydrogen-bond donors (Lipinski definition) is 2. The highest BCUT2D eigenvalue weighted by Gasteiger charge is 2.52. The summed E-state index contributed by atoms with van der Waals surface area (Å²) in [6.07, 6.45) is 4.02. The van der Waals surface area contributed by atoms with Gasteiger partial charge in [-0.3, -0.25) is 14.6 Å². The summed E-state index contributed by atoms with van der Waals surface area (Å²) in [5, 5.41) is 11.6. The molecule has 0 spiro atoms. The van der Waals surface area contributed by atoms with E-state index < -0.39 is 20.9 Å². The third kappa shape index (κ3) is 3.30. The van der Waals surface area contributed by atoms with Crippen LogP contribution in [0, 0.1) is 5.92 Å². The normalized spacial score (nSPS) is 19.6. The lowest BCUT2D eigenvalue weighted by molar-refractivity contribution is -0.103. The molecule has 12 heteroatoms. The molecule has 1 saturated heterocycles. The number of methoxy groups -OCH3 is 1. The largest absolute Gasteiger partial charge is 0.382 e. The molecule has 4 heterocycles. The van der Waals surface area contributed by atoms with E-state index in [0.717, 1.165) is 18.5 Å². The highest BCUT2D eigenvalue weighted by molar-refractivity contribution is 7.89. The third-order valence-corrected chi connectivity index (χ3v) is 9.53. The fraction of sp³-hybridized carbons (Fsp3) is 0.591. The lowest BCUT2D eigenvalue weighted by Crippen LogP contribution is -2.63. The van der Waals surface area contributed by atoms with Crippen molar-refractivity contribution in [3.8, 4) is 11.3 Å². The van der Waals surface area contributed by atoms with Gasteiger partial charge in [-0.05, 0) is 45.6 Å². The van der Waals surface area contributed by atoms with Gasteiger partial charge >= 0.3 is 0 Å². The Hall–Kier alpha value is -2.70. The Bertz CT molecular complexity index is 1430. The smallest absolute Gasteiger partial charge is 0.264 e. The third-order valence-electron chi connectivity index (χ3n) is 7.36. The van der Waals surface area contributed by atoms with Crippen LogP contribution in [-0.4, -0.2) is 62.7 Å². The number of ether oxygens (including phenoxy) is 1. The molecule has 1 atom stereocenters. The van der Waals surface area contributed by atoms with Crippen LogP contribution in [0.3, 0.4) is 0 Å². The summed E-state index contributed by atoms with van der Waals surface area (Å²) in [4.78, 5) is 13.2. The van der Waals surface area contributed by atoms with Crippen LogP contribution in [0.15, 0.2) is 17.1 Å². The molecule has 0 radical (unpaired) electrons. The first kappa shape index (κ1) is 23.1. The molecule has 0 unspecified atom stereocenters. The summed E-state index contributed by atoms with van der Waals surface area (Å²) in [7, 11) is 0.00947. The molecule has 1 aliphatic carbocycles. The lowest BCUT2D eigenvalue weighted by atomic mass is 9.92. The molecule has 0 bridgehead atoms. The number of nitrogens with one attached hydrogen (secondary N) is 1. The number of hydrogen-bond acceptors (Lipinski definition) is 7. The summed E-state index contributed by atoms with van der Waals surface area (Å²) in [6.45, 7) is 5.82. The molecule has 2 fully saturated rings. The van der Waals surface area contributed by atoms with Crippen molar-refractivity contribution in [1.82, 2.24) is 28.9 Å². The Morgan fingerprint density at radius 3 is 2.53 bits per heavy atom. The van der Waals surface area contributed by atoms with E-state index in [9.17, 15) is 13.2 Å². The molecule has 3 aromatic rings. The predicted octanol–water partition coefficient (Wildman–Crippen LogP) is 1.57. The van der Waals surface area contributed by atoms with E-state index in [-0.39, 0.29) is 30.5 Å². The summed E-state index contributed by atoms with van der Waals surface area (Å²) >= 11 is 0. The Morgan fingerprint density at radius 2 is 1.94 bits per heavy atom. The van der Waals surface area contributed by atoms with E-state index in [1.54, 1.807) is 37.3 Å². The number of nitrogens with two attached hydrogens (primary N) is 1. The van der Waals surface area contributed by atoms with Crippen LogP contribution < -0.4 is 11.3 Å². The second-order valence-corrected chi connectivity index (χ2v) is 12.3. The molecule has 0 aromatic carbocycles. The molecule has 34 heavy (non-hydrogen) atoms. The highest BCUT2D eigenvalue weighted by Crippen LogP contribution is 2.41. The van der Waals surface area contributed by atoms with Crippen molar-refractivity contribution in [3.63, 3.8) is 0 Å². The standard InChI is InChI=1S/C22H31N7O4S/c1-12(2)34(31,32)28-10-22(11-28,33-5)17-8-16(26-27(17)4)15-9-29(13(3)14-6-7-14)21(30)18-19(15)24-25-20(18)23/h8-9,12-14H,6-7,10-11H2,1-5H3,(H3,23,24,25)/t13-/m0/s1. The minimum atomic E-state index is -3.38. The summed E-state index contributed by atoms with van der Waals surface area (Å²) < 4.78 is 35.9. The number of nitrogens with zero attached hydrogens (tertiary/aromatic N) is 5. The van der Waals surface area contributed by atoms with Gasteiger partial charge in [0.15, 0.2) is 5.82 Å². The second kappa shape index (κ2) is 7.65.